The number of ether oxygens (including phenoxy) is 4. The van der Waals surface area contributed by atoms with Gasteiger partial charge in [-0.05, 0) is 45.3 Å². The van der Waals surface area contributed by atoms with Gasteiger partial charge in [0, 0.05) is 25.7 Å². The molecule has 0 radical (unpaired) electrons. The molecule has 10 nitrogen and oxygen atoms in total. The Balaban J connectivity index is 1.32. The minimum absolute atomic E-state index is 0.0368. The Morgan fingerprint density at radius 1 is 0.946 bits per heavy atom. The van der Waals surface area contributed by atoms with Crippen LogP contribution >= 0.6 is 0 Å². The molecule has 1 saturated heterocycles. The number of nitrogens with zero attached hydrogens (tertiary/aromatic N) is 2. The fourth-order valence-corrected chi connectivity index (χ4v) is 5.25. The van der Waals surface area contributed by atoms with Crippen molar-refractivity contribution in [2.75, 3.05) is 87.1 Å². The highest BCUT2D eigenvalue weighted by Crippen LogP contribution is 2.45. The number of nitrogens with one attached hydrogen (secondary N) is 2. The van der Waals surface area contributed by atoms with Crippen molar-refractivity contribution in [1.29, 1.82) is 0 Å². The van der Waals surface area contributed by atoms with Crippen LogP contribution in [-0.2, 0) is 29.3 Å². The third kappa shape index (κ3) is 8.38. The fourth-order valence-electron chi connectivity index (χ4n) is 5.25. The van der Waals surface area contributed by atoms with Gasteiger partial charge < -0.3 is 34.5 Å². The van der Waals surface area contributed by atoms with E-state index < -0.39 is 0 Å². The molecule has 1 aliphatic carbocycles. The van der Waals surface area contributed by atoms with Crippen LogP contribution in [0.2, 0.25) is 0 Å². The second kappa shape index (κ2) is 14.6. The lowest BCUT2D eigenvalue weighted by Crippen LogP contribution is -2.54. The van der Waals surface area contributed by atoms with Gasteiger partial charge in [-0.15, -0.1) is 0 Å². The molecule has 1 spiro atoms. The number of hydrogen-bond acceptors (Lipinski definition) is 7. The van der Waals surface area contributed by atoms with E-state index >= 15 is 0 Å². The van der Waals surface area contributed by atoms with Crippen LogP contribution < -0.4 is 10.6 Å². The number of amides is 3. The summed E-state index contributed by atoms with van der Waals surface area (Å²) in [7, 11) is 5.90. The van der Waals surface area contributed by atoms with Gasteiger partial charge in [0.2, 0.25) is 5.91 Å². The van der Waals surface area contributed by atoms with E-state index in [-0.39, 0.29) is 29.6 Å². The van der Waals surface area contributed by atoms with E-state index in [4.69, 9.17) is 18.9 Å². The van der Waals surface area contributed by atoms with Gasteiger partial charge in [0.05, 0.1) is 51.8 Å². The molecule has 2 N–H and O–H groups in total. The Bertz CT molecular complexity index is 829. The molecule has 0 atom stereocenters. The monoisotopic (exact) mass is 520 g/mol. The SMILES string of the molecule is COCCOCCOCCOCCNC(=O)CN1C[C@]2(CC[C@](c3ccccc3)(N(C)C)CC2)NC1=O. The lowest BCUT2D eigenvalue weighted by Gasteiger charge is -2.48. The zero-order valence-electron chi connectivity index (χ0n) is 22.6. The second-order valence-electron chi connectivity index (χ2n) is 10.0. The summed E-state index contributed by atoms with van der Waals surface area (Å²) in [6, 6.07) is 10.4. The first-order valence-corrected chi connectivity index (χ1v) is 13.2. The van der Waals surface area contributed by atoms with Crippen LogP contribution in [0.3, 0.4) is 0 Å². The number of urea groups is 1. The number of carbonyl (C=O) groups is 2. The molecule has 10 heteroatoms. The van der Waals surface area contributed by atoms with Crippen molar-refractivity contribution in [2.24, 2.45) is 0 Å². The molecule has 37 heavy (non-hydrogen) atoms. The van der Waals surface area contributed by atoms with Gasteiger partial charge in [0.15, 0.2) is 0 Å². The summed E-state index contributed by atoms with van der Waals surface area (Å²) in [6.45, 7) is 4.46. The predicted octanol–water partition coefficient (Wildman–Crippen LogP) is 1.59. The van der Waals surface area contributed by atoms with Crippen molar-refractivity contribution < 1.29 is 28.5 Å². The smallest absolute Gasteiger partial charge is 0.318 e. The Morgan fingerprint density at radius 3 is 2.14 bits per heavy atom. The summed E-state index contributed by atoms with van der Waals surface area (Å²) in [5, 5.41) is 6.04. The van der Waals surface area contributed by atoms with Crippen LogP contribution in [0, 0.1) is 0 Å². The minimum Gasteiger partial charge on any atom is -0.382 e. The van der Waals surface area contributed by atoms with Gasteiger partial charge in [0.25, 0.3) is 0 Å². The lowest BCUT2D eigenvalue weighted by atomic mass is 9.69. The van der Waals surface area contributed by atoms with Crippen LogP contribution in [0.1, 0.15) is 31.2 Å². The third-order valence-corrected chi connectivity index (χ3v) is 7.43. The van der Waals surface area contributed by atoms with E-state index in [1.807, 2.05) is 6.07 Å². The molecule has 2 fully saturated rings. The number of rotatable bonds is 16. The highest BCUT2D eigenvalue weighted by atomic mass is 16.6. The van der Waals surface area contributed by atoms with Crippen LogP contribution in [0.4, 0.5) is 4.79 Å². The van der Waals surface area contributed by atoms with Crippen molar-refractivity contribution in [1.82, 2.24) is 20.4 Å². The van der Waals surface area contributed by atoms with E-state index in [9.17, 15) is 9.59 Å². The Hall–Kier alpha value is -2.24. The normalized spacial score (nSPS) is 23.6. The van der Waals surface area contributed by atoms with Gasteiger partial charge in [-0.25, -0.2) is 4.79 Å². The number of benzene rings is 1. The molecule has 2 aliphatic rings. The Kier molecular flexibility index (Phi) is 11.6. The first-order valence-electron chi connectivity index (χ1n) is 13.2. The zero-order valence-corrected chi connectivity index (χ0v) is 22.6. The molecule has 1 aliphatic heterocycles. The van der Waals surface area contributed by atoms with E-state index in [0.29, 0.717) is 59.3 Å². The van der Waals surface area contributed by atoms with Crippen molar-refractivity contribution in [3.8, 4) is 0 Å². The molecule has 3 rings (SSSR count). The average Bonchev–Trinajstić information content (AvgIpc) is 3.19. The molecule has 3 amide bonds. The van der Waals surface area contributed by atoms with Gasteiger partial charge in [-0.1, -0.05) is 30.3 Å². The molecular weight excluding hydrogens is 476 g/mol. The van der Waals surface area contributed by atoms with Crippen LogP contribution in [-0.4, -0.2) is 114 Å². The quantitative estimate of drug-likeness (QED) is 0.319. The molecule has 0 unspecified atom stereocenters. The Morgan fingerprint density at radius 2 is 1.54 bits per heavy atom. The second-order valence-corrected chi connectivity index (χ2v) is 10.0. The van der Waals surface area contributed by atoms with Gasteiger partial charge in [-0.3, -0.25) is 9.69 Å². The molecule has 0 bridgehead atoms. The van der Waals surface area contributed by atoms with Crippen LogP contribution in [0.5, 0.6) is 0 Å². The first kappa shape index (κ1) is 29.3. The average molecular weight is 521 g/mol. The van der Waals surface area contributed by atoms with Gasteiger partial charge in [-0.2, -0.15) is 0 Å². The number of hydrogen-bond donors (Lipinski definition) is 2. The lowest BCUT2D eigenvalue weighted by molar-refractivity contribution is -0.121. The summed E-state index contributed by atoms with van der Waals surface area (Å²) in [4.78, 5) is 29.1. The standard InChI is InChI=1S/C27H44N4O6/c1-30(2)27(23-7-5-4-6-8-23)11-9-26(10-12-27)22-31(25(33)29-26)21-24(32)28-13-14-35-17-18-37-20-19-36-16-15-34-3/h4-8H,9-22H2,1-3H3,(H,28,32)(H,29,33)/t26-,27+. The maximum Gasteiger partial charge on any atom is 0.318 e. The summed E-state index contributed by atoms with van der Waals surface area (Å²) >= 11 is 0. The van der Waals surface area contributed by atoms with E-state index in [1.54, 1.807) is 12.0 Å². The summed E-state index contributed by atoms with van der Waals surface area (Å²) < 4.78 is 21.1. The molecule has 1 saturated carbocycles. The van der Waals surface area contributed by atoms with Crippen LogP contribution in [0.25, 0.3) is 0 Å². The van der Waals surface area contributed by atoms with Gasteiger partial charge >= 0.3 is 6.03 Å². The predicted molar refractivity (Wildman–Crippen MR) is 140 cm³/mol. The van der Waals surface area contributed by atoms with E-state index in [2.05, 4.69) is 53.9 Å². The van der Waals surface area contributed by atoms with E-state index in [1.165, 1.54) is 5.56 Å². The van der Waals surface area contributed by atoms with Gasteiger partial charge in [0.1, 0.15) is 6.54 Å². The van der Waals surface area contributed by atoms with E-state index in [0.717, 1.165) is 25.7 Å². The highest BCUT2D eigenvalue weighted by molar-refractivity contribution is 5.85. The topological polar surface area (TPSA) is 102 Å². The van der Waals surface area contributed by atoms with Crippen molar-refractivity contribution >= 4 is 11.9 Å². The Labute approximate surface area is 220 Å². The summed E-state index contributed by atoms with van der Waals surface area (Å²) in [5.74, 6) is -0.178. The molecule has 1 heterocycles. The minimum atomic E-state index is -0.274. The van der Waals surface area contributed by atoms with Crippen molar-refractivity contribution in [2.45, 2.75) is 36.8 Å². The maximum absolute atomic E-state index is 12.7. The summed E-state index contributed by atoms with van der Waals surface area (Å²) in [6.07, 6.45) is 3.65. The molecule has 1 aromatic rings. The zero-order chi connectivity index (χ0) is 26.6. The van der Waals surface area contributed by atoms with Crippen molar-refractivity contribution in [3.05, 3.63) is 35.9 Å². The number of methoxy groups -OCH3 is 1. The summed E-state index contributed by atoms with van der Waals surface area (Å²) in [5.41, 5.74) is 1.00. The van der Waals surface area contributed by atoms with Crippen molar-refractivity contribution in [3.63, 3.8) is 0 Å². The molecule has 208 valence electrons. The molecule has 0 aromatic heterocycles. The molecule has 1 aromatic carbocycles. The first-order chi connectivity index (χ1) is 17.9. The highest BCUT2D eigenvalue weighted by Gasteiger charge is 2.50. The van der Waals surface area contributed by atoms with Crippen LogP contribution in [0.15, 0.2) is 30.3 Å². The number of carbonyl (C=O) groups excluding carboxylic acids is 2. The third-order valence-electron chi connectivity index (χ3n) is 7.43. The maximum atomic E-state index is 12.7. The molecular formula is C27H44N4O6. The fraction of sp³-hybridized carbons (Fsp3) is 0.704. The largest absolute Gasteiger partial charge is 0.382 e.